The zero-order chi connectivity index (χ0) is 21.7. The minimum absolute atomic E-state index is 0.0226. The number of benzene rings is 1. The number of imidazole rings is 1. The van der Waals surface area contributed by atoms with Crippen LogP contribution in [0.1, 0.15) is 72.4 Å². The second-order valence-corrected chi connectivity index (χ2v) is 9.20. The number of carbonyl (C=O) groups excluding carboxylic acids is 2. The molecular formula is C23H31N3O3S. The molecule has 1 atom stereocenters. The molecular weight excluding hydrogens is 398 g/mol. The van der Waals surface area contributed by atoms with Crippen LogP contribution in [0.5, 0.6) is 0 Å². The maximum atomic E-state index is 12.7. The molecule has 1 N–H and O–H groups in total. The molecule has 1 fully saturated rings. The Morgan fingerprint density at radius 2 is 1.87 bits per heavy atom. The van der Waals surface area contributed by atoms with E-state index in [0.717, 1.165) is 16.4 Å². The van der Waals surface area contributed by atoms with Gasteiger partial charge in [-0.1, -0.05) is 43.2 Å². The SMILES string of the molecule is COC(=O)c1ccc(CNC(=O)C(C)Sc2nc(C)c(C)n2C2CCCCC2)cc1. The van der Waals surface area contributed by atoms with Crippen molar-refractivity contribution in [3.05, 3.63) is 46.8 Å². The molecule has 0 bridgehead atoms. The number of amides is 1. The van der Waals surface area contributed by atoms with Gasteiger partial charge in [0.15, 0.2) is 5.16 Å². The molecule has 0 aliphatic heterocycles. The quantitative estimate of drug-likeness (QED) is 0.515. The lowest BCUT2D eigenvalue weighted by molar-refractivity contribution is -0.120. The van der Waals surface area contributed by atoms with E-state index in [-0.39, 0.29) is 17.1 Å². The summed E-state index contributed by atoms with van der Waals surface area (Å²) in [4.78, 5) is 29.0. The molecule has 1 amide bonds. The molecule has 1 aromatic carbocycles. The number of hydrogen-bond donors (Lipinski definition) is 1. The number of esters is 1. The third kappa shape index (κ3) is 5.25. The summed E-state index contributed by atoms with van der Waals surface area (Å²) in [7, 11) is 1.36. The highest BCUT2D eigenvalue weighted by Crippen LogP contribution is 2.35. The third-order valence-corrected chi connectivity index (χ3v) is 6.85. The van der Waals surface area contributed by atoms with Crippen LogP contribution in [0.25, 0.3) is 0 Å². The topological polar surface area (TPSA) is 73.2 Å². The molecule has 2 aromatic rings. The van der Waals surface area contributed by atoms with E-state index in [4.69, 9.17) is 9.72 Å². The molecule has 7 heteroatoms. The molecule has 3 rings (SSSR count). The molecule has 6 nitrogen and oxygen atoms in total. The van der Waals surface area contributed by atoms with E-state index in [0.29, 0.717) is 18.2 Å². The second-order valence-electron chi connectivity index (χ2n) is 7.89. The van der Waals surface area contributed by atoms with Crippen LogP contribution in [0, 0.1) is 13.8 Å². The predicted molar refractivity (Wildman–Crippen MR) is 119 cm³/mol. The molecule has 162 valence electrons. The predicted octanol–water partition coefficient (Wildman–Crippen LogP) is 4.59. The zero-order valence-corrected chi connectivity index (χ0v) is 19.1. The number of carbonyl (C=O) groups is 2. The van der Waals surface area contributed by atoms with Crippen LogP contribution >= 0.6 is 11.8 Å². The molecule has 1 heterocycles. The van der Waals surface area contributed by atoms with Crippen LogP contribution in [0.3, 0.4) is 0 Å². The number of ether oxygens (including phenoxy) is 1. The summed E-state index contributed by atoms with van der Waals surface area (Å²) >= 11 is 1.53. The summed E-state index contributed by atoms with van der Waals surface area (Å²) in [6, 6.07) is 7.56. The van der Waals surface area contributed by atoms with Gasteiger partial charge in [0.25, 0.3) is 0 Å². The van der Waals surface area contributed by atoms with Gasteiger partial charge in [0.2, 0.25) is 5.91 Å². The Bertz CT molecular complexity index is 886. The van der Waals surface area contributed by atoms with Crippen molar-refractivity contribution in [1.82, 2.24) is 14.9 Å². The second kappa shape index (κ2) is 10.2. The number of rotatable bonds is 7. The van der Waals surface area contributed by atoms with E-state index in [9.17, 15) is 9.59 Å². The first-order chi connectivity index (χ1) is 14.4. The van der Waals surface area contributed by atoms with Crippen molar-refractivity contribution < 1.29 is 14.3 Å². The fourth-order valence-corrected chi connectivity index (χ4v) is 4.97. The monoisotopic (exact) mass is 429 g/mol. The van der Waals surface area contributed by atoms with E-state index in [1.54, 1.807) is 12.1 Å². The van der Waals surface area contributed by atoms with Gasteiger partial charge in [0.05, 0.1) is 23.6 Å². The average molecular weight is 430 g/mol. The molecule has 0 spiro atoms. The van der Waals surface area contributed by atoms with Gasteiger partial charge >= 0.3 is 5.97 Å². The van der Waals surface area contributed by atoms with Gasteiger partial charge < -0.3 is 14.6 Å². The normalized spacial score (nSPS) is 15.6. The van der Waals surface area contributed by atoms with Crippen molar-refractivity contribution in [3.8, 4) is 0 Å². The van der Waals surface area contributed by atoms with Crippen LogP contribution in [-0.2, 0) is 16.1 Å². The molecule has 30 heavy (non-hydrogen) atoms. The number of hydrogen-bond acceptors (Lipinski definition) is 5. The fraction of sp³-hybridized carbons (Fsp3) is 0.522. The van der Waals surface area contributed by atoms with Crippen LogP contribution in [-0.4, -0.2) is 33.8 Å². The maximum absolute atomic E-state index is 12.7. The molecule has 1 aromatic heterocycles. The zero-order valence-electron chi connectivity index (χ0n) is 18.2. The Morgan fingerprint density at radius 3 is 2.50 bits per heavy atom. The Hall–Kier alpha value is -2.28. The highest BCUT2D eigenvalue weighted by atomic mass is 32.2. The number of aromatic nitrogens is 2. The van der Waals surface area contributed by atoms with Crippen molar-refractivity contribution in [2.24, 2.45) is 0 Å². The number of methoxy groups -OCH3 is 1. The van der Waals surface area contributed by atoms with Crippen molar-refractivity contribution in [1.29, 1.82) is 0 Å². The van der Waals surface area contributed by atoms with Crippen molar-refractivity contribution in [2.75, 3.05) is 7.11 Å². The first-order valence-electron chi connectivity index (χ1n) is 10.6. The van der Waals surface area contributed by atoms with Crippen molar-refractivity contribution >= 4 is 23.6 Å². The summed E-state index contributed by atoms with van der Waals surface area (Å²) < 4.78 is 7.06. The minimum atomic E-state index is -0.366. The van der Waals surface area contributed by atoms with Gasteiger partial charge in [-0.05, 0) is 51.3 Å². The first-order valence-corrected chi connectivity index (χ1v) is 11.5. The van der Waals surface area contributed by atoms with Gasteiger partial charge in [0.1, 0.15) is 0 Å². The van der Waals surface area contributed by atoms with Gasteiger partial charge in [-0.2, -0.15) is 0 Å². The molecule has 1 aliphatic carbocycles. The lowest BCUT2D eigenvalue weighted by atomic mass is 9.95. The number of thioether (sulfide) groups is 1. The molecule has 0 radical (unpaired) electrons. The summed E-state index contributed by atoms with van der Waals surface area (Å²) in [5.74, 6) is -0.389. The van der Waals surface area contributed by atoms with Gasteiger partial charge in [0, 0.05) is 18.3 Å². The Kier molecular flexibility index (Phi) is 7.58. The Morgan fingerprint density at radius 1 is 1.20 bits per heavy atom. The Labute approximate surface area is 182 Å². The van der Waals surface area contributed by atoms with E-state index in [1.807, 2.05) is 26.0 Å². The van der Waals surface area contributed by atoms with Gasteiger partial charge in [-0.15, -0.1) is 0 Å². The third-order valence-electron chi connectivity index (χ3n) is 5.79. The first kappa shape index (κ1) is 22.4. The number of aryl methyl sites for hydroxylation is 1. The summed E-state index contributed by atoms with van der Waals surface area (Å²) in [6.07, 6.45) is 6.20. The number of nitrogens with zero attached hydrogens (tertiary/aromatic N) is 2. The molecule has 1 unspecified atom stereocenters. The van der Waals surface area contributed by atoms with Crippen LogP contribution in [0.15, 0.2) is 29.4 Å². The highest BCUT2D eigenvalue weighted by Gasteiger charge is 2.25. The summed E-state index contributed by atoms with van der Waals surface area (Å²) in [6.45, 7) is 6.51. The van der Waals surface area contributed by atoms with Crippen LogP contribution in [0.4, 0.5) is 0 Å². The van der Waals surface area contributed by atoms with Crippen LogP contribution in [0.2, 0.25) is 0 Å². The minimum Gasteiger partial charge on any atom is -0.465 e. The molecule has 0 saturated heterocycles. The standard InChI is InChI=1S/C23H31N3O3S/c1-15-16(2)26(20-8-6-5-7-9-20)23(25-15)30-17(3)21(27)24-14-18-10-12-19(13-11-18)22(28)29-4/h10-13,17,20H,5-9,14H2,1-4H3,(H,24,27). The molecule has 1 aliphatic rings. The van der Waals surface area contributed by atoms with E-state index >= 15 is 0 Å². The Balaban J connectivity index is 1.60. The lowest BCUT2D eigenvalue weighted by Gasteiger charge is -2.26. The van der Waals surface area contributed by atoms with Crippen molar-refractivity contribution in [2.45, 2.75) is 75.9 Å². The lowest BCUT2D eigenvalue weighted by Crippen LogP contribution is -2.30. The molecule has 1 saturated carbocycles. The van der Waals surface area contributed by atoms with Crippen LogP contribution < -0.4 is 5.32 Å². The van der Waals surface area contributed by atoms with E-state index < -0.39 is 0 Å². The number of nitrogens with one attached hydrogen (secondary N) is 1. The summed E-state index contributed by atoms with van der Waals surface area (Å²) in [5, 5.41) is 3.69. The van der Waals surface area contributed by atoms with Gasteiger partial charge in [-0.25, -0.2) is 9.78 Å². The maximum Gasteiger partial charge on any atom is 0.337 e. The average Bonchev–Trinajstić information content (AvgIpc) is 3.05. The van der Waals surface area contributed by atoms with E-state index in [1.165, 1.54) is 56.7 Å². The fourth-order valence-electron chi connectivity index (χ4n) is 3.87. The largest absolute Gasteiger partial charge is 0.465 e. The van der Waals surface area contributed by atoms with Gasteiger partial charge in [-0.3, -0.25) is 4.79 Å². The summed E-state index contributed by atoms with van der Waals surface area (Å²) in [5.41, 5.74) is 3.68. The van der Waals surface area contributed by atoms with E-state index in [2.05, 4.69) is 16.8 Å². The highest BCUT2D eigenvalue weighted by molar-refractivity contribution is 8.00. The smallest absolute Gasteiger partial charge is 0.337 e. The van der Waals surface area contributed by atoms with Crippen molar-refractivity contribution in [3.63, 3.8) is 0 Å².